The summed E-state index contributed by atoms with van der Waals surface area (Å²) in [6.45, 7) is 5.43. The number of guanidine groups is 1. The van der Waals surface area contributed by atoms with Gasteiger partial charge in [-0.25, -0.2) is 0 Å². The van der Waals surface area contributed by atoms with Gasteiger partial charge in [-0.15, -0.1) is 24.0 Å². The predicted octanol–water partition coefficient (Wildman–Crippen LogP) is 4.65. The molecule has 4 rings (SSSR count). The molecule has 0 radical (unpaired) electrons. The Hall–Kier alpha value is -2.29. The van der Waals surface area contributed by atoms with Crippen LogP contribution in [-0.2, 0) is 4.79 Å². The van der Waals surface area contributed by atoms with E-state index in [0.29, 0.717) is 24.8 Å². The van der Waals surface area contributed by atoms with Crippen molar-refractivity contribution in [3.63, 3.8) is 0 Å². The molecule has 2 aliphatic heterocycles. The van der Waals surface area contributed by atoms with E-state index in [1.54, 1.807) is 0 Å². The van der Waals surface area contributed by atoms with Crippen LogP contribution in [0.3, 0.4) is 0 Å². The highest BCUT2D eigenvalue weighted by Crippen LogP contribution is 2.38. The molecule has 2 heterocycles. The third kappa shape index (κ3) is 6.19. The molecule has 7 heteroatoms. The number of amides is 1. The molecular formula is C26H35IN4O2. The van der Waals surface area contributed by atoms with Gasteiger partial charge in [0.25, 0.3) is 0 Å². The Morgan fingerprint density at radius 2 is 1.94 bits per heavy atom. The molecule has 1 N–H and O–H groups in total. The van der Waals surface area contributed by atoms with Gasteiger partial charge in [-0.1, -0.05) is 43.3 Å². The van der Waals surface area contributed by atoms with E-state index in [9.17, 15) is 4.79 Å². The second-order valence-electron chi connectivity index (χ2n) is 8.53. The topological polar surface area (TPSA) is 57.2 Å². The van der Waals surface area contributed by atoms with Crippen LogP contribution in [0.4, 0.5) is 5.69 Å². The van der Waals surface area contributed by atoms with E-state index in [1.165, 1.54) is 11.3 Å². The second-order valence-corrected chi connectivity index (χ2v) is 8.53. The van der Waals surface area contributed by atoms with Crippen molar-refractivity contribution in [3.8, 4) is 5.75 Å². The molecule has 1 amide bonds. The smallest absolute Gasteiger partial charge is 0.222 e. The summed E-state index contributed by atoms with van der Waals surface area (Å²) >= 11 is 0. The van der Waals surface area contributed by atoms with Crippen LogP contribution in [0.25, 0.3) is 0 Å². The Morgan fingerprint density at radius 1 is 1.18 bits per heavy atom. The first-order valence-corrected chi connectivity index (χ1v) is 11.8. The van der Waals surface area contributed by atoms with E-state index < -0.39 is 0 Å². The summed E-state index contributed by atoms with van der Waals surface area (Å²) in [5.74, 6) is 2.45. The lowest BCUT2D eigenvalue weighted by Gasteiger charge is -2.25. The fourth-order valence-corrected chi connectivity index (χ4v) is 4.66. The maximum Gasteiger partial charge on any atom is 0.222 e. The van der Waals surface area contributed by atoms with Crippen molar-refractivity contribution >= 4 is 41.5 Å². The third-order valence-electron chi connectivity index (χ3n) is 6.45. The minimum atomic E-state index is 0. The van der Waals surface area contributed by atoms with Gasteiger partial charge in [-0.2, -0.15) is 0 Å². The maximum absolute atomic E-state index is 12.0. The summed E-state index contributed by atoms with van der Waals surface area (Å²) < 4.78 is 6.14. The van der Waals surface area contributed by atoms with Gasteiger partial charge in [0, 0.05) is 44.7 Å². The summed E-state index contributed by atoms with van der Waals surface area (Å²) in [6, 6.07) is 18.5. The number of para-hydroxylation sites is 2. The number of likely N-dealkylation sites (tertiary alicyclic amines) is 1. The van der Waals surface area contributed by atoms with Crippen LogP contribution >= 0.6 is 24.0 Å². The van der Waals surface area contributed by atoms with Gasteiger partial charge >= 0.3 is 0 Å². The number of aliphatic imine (C=N–C) groups is 1. The number of nitrogens with one attached hydrogen (secondary N) is 1. The summed E-state index contributed by atoms with van der Waals surface area (Å²) in [5.41, 5.74) is 2.55. The normalized spacial score (nSPS) is 18.7. The molecule has 0 aromatic heterocycles. The van der Waals surface area contributed by atoms with E-state index in [-0.39, 0.29) is 30.1 Å². The number of anilines is 1. The largest absolute Gasteiger partial charge is 0.489 e. The number of benzene rings is 2. The van der Waals surface area contributed by atoms with Gasteiger partial charge in [0.15, 0.2) is 5.96 Å². The lowest BCUT2D eigenvalue weighted by atomic mass is 9.98. The van der Waals surface area contributed by atoms with Gasteiger partial charge in [-0.3, -0.25) is 9.79 Å². The standard InChI is InChI=1S/C26H34N4O2.HI/c1-3-21(32-22-10-5-4-6-11-22)18-28-26(27-2)30-19-20(23-12-7-8-13-24(23)30)15-17-29-16-9-14-25(29)31;/h4-8,10-13,20-21H,3,9,14-19H2,1-2H3,(H,27,28);1H. The second kappa shape index (κ2) is 12.3. The highest BCUT2D eigenvalue weighted by Gasteiger charge is 2.32. The quantitative estimate of drug-likeness (QED) is 0.289. The van der Waals surface area contributed by atoms with Crippen LogP contribution in [0.5, 0.6) is 5.75 Å². The van der Waals surface area contributed by atoms with Crippen molar-refractivity contribution in [1.82, 2.24) is 10.2 Å². The molecule has 2 atom stereocenters. The first-order valence-electron chi connectivity index (χ1n) is 11.8. The van der Waals surface area contributed by atoms with Crippen molar-refractivity contribution < 1.29 is 9.53 Å². The SMILES string of the molecule is CCC(CNC(=NC)N1CC(CCN2CCCC2=O)c2ccccc21)Oc1ccccc1.I. The number of carbonyl (C=O) groups excluding carboxylic acids is 1. The molecular weight excluding hydrogens is 527 g/mol. The van der Waals surface area contributed by atoms with Gasteiger partial charge in [0.05, 0.1) is 6.54 Å². The van der Waals surface area contributed by atoms with Crippen LogP contribution in [0, 0.1) is 0 Å². The number of hydrogen-bond donors (Lipinski definition) is 1. The number of fused-ring (bicyclic) bond motifs is 1. The number of nitrogens with zero attached hydrogens (tertiary/aromatic N) is 3. The molecule has 33 heavy (non-hydrogen) atoms. The van der Waals surface area contributed by atoms with Crippen molar-refractivity contribution in [2.24, 2.45) is 4.99 Å². The number of rotatable bonds is 8. The molecule has 2 aromatic carbocycles. The minimum absolute atomic E-state index is 0. The molecule has 2 aliphatic rings. The number of hydrogen-bond acceptors (Lipinski definition) is 3. The average Bonchev–Trinajstić information content (AvgIpc) is 3.41. The molecule has 1 saturated heterocycles. The number of carbonyl (C=O) groups is 1. The Labute approximate surface area is 214 Å². The van der Waals surface area contributed by atoms with E-state index in [4.69, 9.17) is 4.74 Å². The molecule has 6 nitrogen and oxygen atoms in total. The molecule has 0 bridgehead atoms. The van der Waals surface area contributed by atoms with Gasteiger partial charge in [-0.05, 0) is 43.0 Å². The van der Waals surface area contributed by atoms with Crippen molar-refractivity contribution in [2.75, 3.05) is 38.1 Å². The fourth-order valence-electron chi connectivity index (χ4n) is 4.66. The van der Waals surface area contributed by atoms with Crippen molar-refractivity contribution in [1.29, 1.82) is 0 Å². The minimum Gasteiger partial charge on any atom is -0.489 e. The molecule has 1 fully saturated rings. The van der Waals surface area contributed by atoms with Crippen LogP contribution in [0.2, 0.25) is 0 Å². The highest BCUT2D eigenvalue weighted by atomic mass is 127. The Morgan fingerprint density at radius 3 is 2.64 bits per heavy atom. The number of halogens is 1. The summed E-state index contributed by atoms with van der Waals surface area (Å²) in [5, 5.41) is 3.53. The lowest BCUT2D eigenvalue weighted by molar-refractivity contribution is -0.127. The van der Waals surface area contributed by atoms with Crippen LogP contribution in [0.1, 0.15) is 44.1 Å². The van der Waals surface area contributed by atoms with E-state index in [1.807, 2.05) is 42.3 Å². The summed E-state index contributed by atoms with van der Waals surface area (Å²) in [6.07, 6.45) is 3.64. The third-order valence-corrected chi connectivity index (χ3v) is 6.45. The van der Waals surface area contributed by atoms with E-state index in [2.05, 4.69) is 46.4 Å². The molecule has 2 unspecified atom stereocenters. The van der Waals surface area contributed by atoms with Gasteiger partial charge < -0.3 is 19.9 Å². The van der Waals surface area contributed by atoms with Crippen molar-refractivity contribution in [3.05, 3.63) is 60.2 Å². The van der Waals surface area contributed by atoms with Crippen LogP contribution in [-0.4, -0.2) is 56.1 Å². The average molecular weight is 562 g/mol. The fraction of sp³-hybridized carbons (Fsp3) is 0.462. The van der Waals surface area contributed by atoms with Crippen LogP contribution in [0.15, 0.2) is 59.6 Å². The molecule has 0 saturated carbocycles. The zero-order chi connectivity index (χ0) is 22.3. The first-order chi connectivity index (χ1) is 15.7. The summed E-state index contributed by atoms with van der Waals surface area (Å²) in [4.78, 5) is 20.9. The first kappa shape index (κ1) is 25.3. The van der Waals surface area contributed by atoms with Gasteiger partial charge in [0.1, 0.15) is 11.9 Å². The zero-order valence-corrected chi connectivity index (χ0v) is 21.9. The van der Waals surface area contributed by atoms with E-state index >= 15 is 0 Å². The van der Waals surface area contributed by atoms with Crippen LogP contribution < -0.4 is 15.0 Å². The van der Waals surface area contributed by atoms with Gasteiger partial charge in [0.2, 0.25) is 5.91 Å². The maximum atomic E-state index is 12.0. The van der Waals surface area contributed by atoms with Crippen molar-refractivity contribution in [2.45, 2.75) is 44.6 Å². The monoisotopic (exact) mass is 562 g/mol. The lowest BCUT2D eigenvalue weighted by Crippen LogP contribution is -2.45. The number of ether oxygens (including phenoxy) is 1. The predicted molar refractivity (Wildman–Crippen MR) is 145 cm³/mol. The van der Waals surface area contributed by atoms with E-state index in [0.717, 1.165) is 50.6 Å². The Balaban J connectivity index is 0.00000306. The summed E-state index contributed by atoms with van der Waals surface area (Å²) in [7, 11) is 1.83. The zero-order valence-electron chi connectivity index (χ0n) is 19.6. The molecule has 0 spiro atoms. The molecule has 2 aromatic rings. The molecule has 0 aliphatic carbocycles. The Kier molecular flexibility index (Phi) is 9.41. The Bertz CT molecular complexity index is 937. The highest BCUT2D eigenvalue weighted by molar-refractivity contribution is 14.0. The molecule has 178 valence electrons.